The predicted octanol–water partition coefficient (Wildman–Crippen LogP) is 3.85. The number of hydrogen-bond acceptors (Lipinski definition) is 3. The van der Waals surface area contributed by atoms with Gasteiger partial charge in [0, 0.05) is 12.1 Å². The number of oxime groups is 1. The first-order valence-corrected chi connectivity index (χ1v) is 6.34. The van der Waals surface area contributed by atoms with Gasteiger partial charge >= 0.3 is 6.09 Å². The van der Waals surface area contributed by atoms with Crippen LogP contribution in [0.2, 0.25) is 0 Å². The molecule has 1 amide bonds. The summed E-state index contributed by atoms with van der Waals surface area (Å²) in [6.07, 6.45) is 0.0584. The molecule has 1 N–H and O–H groups in total. The zero-order chi connectivity index (χ0) is 14.2. The summed E-state index contributed by atoms with van der Waals surface area (Å²) in [6, 6.07) is 19.0. The monoisotopic (exact) mass is 268 g/mol. The number of nitrogens with one attached hydrogen (secondary N) is 1. The average Bonchev–Trinajstić information content (AvgIpc) is 2.47. The summed E-state index contributed by atoms with van der Waals surface area (Å²) in [5.41, 5.74) is 2.54. The van der Waals surface area contributed by atoms with Gasteiger partial charge in [0.25, 0.3) is 0 Å². The van der Waals surface area contributed by atoms with Crippen LogP contribution in [-0.4, -0.2) is 11.8 Å². The number of para-hydroxylation sites is 1. The normalized spacial score (nSPS) is 10.9. The Hall–Kier alpha value is -2.62. The van der Waals surface area contributed by atoms with Crippen LogP contribution >= 0.6 is 0 Å². The van der Waals surface area contributed by atoms with E-state index < -0.39 is 6.09 Å². The molecule has 0 radical (unpaired) electrons. The van der Waals surface area contributed by atoms with Crippen LogP contribution in [0, 0.1) is 0 Å². The number of carbonyl (C=O) groups is 1. The lowest BCUT2D eigenvalue weighted by Crippen LogP contribution is -2.12. The van der Waals surface area contributed by atoms with Gasteiger partial charge < -0.3 is 0 Å². The van der Waals surface area contributed by atoms with Gasteiger partial charge in [-0.2, -0.15) is 0 Å². The van der Waals surface area contributed by atoms with E-state index in [1.54, 1.807) is 12.1 Å². The van der Waals surface area contributed by atoms with Crippen LogP contribution in [0.4, 0.5) is 10.5 Å². The van der Waals surface area contributed by atoms with E-state index in [0.717, 1.165) is 11.3 Å². The van der Waals surface area contributed by atoms with E-state index in [1.807, 2.05) is 55.5 Å². The Balaban J connectivity index is 1.84. The molecule has 2 aromatic carbocycles. The number of benzene rings is 2. The first-order chi connectivity index (χ1) is 9.74. The van der Waals surface area contributed by atoms with E-state index in [0.29, 0.717) is 12.1 Å². The molecule has 0 atom stereocenters. The number of rotatable bonds is 4. The largest absolute Gasteiger partial charge is 0.437 e. The minimum atomic E-state index is -0.594. The molecule has 0 aliphatic rings. The zero-order valence-corrected chi connectivity index (χ0v) is 11.2. The van der Waals surface area contributed by atoms with Gasteiger partial charge in [-0.3, -0.25) is 10.2 Å². The van der Waals surface area contributed by atoms with Crippen molar-refractivity contribution in [3.63, 3.8) is 0 Å². The summed E-state index contributed by atoms with van der Waals surface area (Å²) >= 11 is 0. The molecule has 0 aromatic heterocycles. The zero-order valence-electron chi connectivity index (χ0n) is 11.2. The third-order valence-electron chi connectivity index (χ3n) is 2.61. The van der Waals surface area contributed by atoms with Gasteiger partial charge in [0.05, 0.1) is 5.71 Å². The number of amides is 1. The fourth-order valence-corrected chi connectivity index (χ4v) is 1.71. The van der Waals surface area contributed by atoms with Crippen LogP contribution in [0.5, 0.6) is 0 Å². The third kappa shape index (κ3) is 4.57. The van der Waals surface area contributed by atoms with Gasteiger partial charge in [0.1, 0.15) is 0 Å². The highest BCUT2D eigenvalue weighted by atomic mass is 16.7. The topological polar surface area (TPSA) is 50.7 Å². The molecular weight excluding hydrogens is 252 g/mol. The second-order valence-electron chi connectivity index (χ2n) is 4.36. The van der Waals surface area contributed by atoms with Gasteiger partial charge in [-0.25, -0.2) is 4.79 Å². The van der Waals surface area contributed by atoms with Gasteiger partial charge in [-0.15, -0.1) is 0 Å². The molecule has 0 saturated carbocycles. The highest BCUT2D eigenvalue weighted by molar-refractivity contribution is 5.87. The van der Waals surface area contributed by atoms with E-state index in [4.69, 9.17) is 4.84 Å². The molecule has 102 valence electrons. The molecule has 0 aliphatic heterocycles. The van der Waals surface area contributed by atoms with E-state index in [-0.39, 0.29) is 0 Å². The number of carbonyl (C=O) groups excluding carboxylic acids is 1. The molecule has 0 aliphatic carbocycles. The van der Waals surface area contributed by atoms with Crippen LogP contribution in [0.1, 0.15) is 12.5 Å². The molecule has 4 heteroatoms. The van der Waals surface area contributed by atoms with E-state index >= 15 is 0 Å². The summed E-state index contributed by atoms with van der Waals surface area (Å²) in [5.74, 6) is 0. The quantitative estimate of drug-likeness (QED) is 0.520. The molecule has 2 aromatic rings. The van der Waals surface area contributed by atoms with Crippen molar-refractivity contribution in [2.24, 2.45) is 5.16 Å². The van der Waals surface area contributed by atoms with Gasteiger partial charge in [-0.1, -0.05) is 53.7 Å². The SMILES string of the molecule is CC(Cc1ccccc1)=NOC(=O)Nc1ccccc1. The van der Waals surface area contributed by atoms with Crippen molar-refractivity contribution < 1.29 is 9.63 Å². The molecule has 4 nitrogen and oxygen atoms in total. The fourth-order valence-electron chi connectivity index (χ4n) is 1.71. The predicted molar refractivity (Wildman–Crippen MR) is 79.8 cm³/mol. The van der Waals surface area contributed by atoms with Crippen molar-refractivity contribution in [3.05, 3.63) is 66.2 Å². The Morgan fingerprint density at radius 2 is 1.65 bits per heavy atom. The highest BCUT2D eigenvalue weighted by Crippen LogP contribution is 2.06. The fraction of sp³-hybridized carbons (Fsp3) is 0.125. The summed E-state index contributed by atoms with van der Waals surface area (Å²) < 4.78 is 0. The van der Waals surface area contributed by atoms with Crippen LogP contribution in [0.15, 0.2) is 65.8 Å². The summed E-state index contributed by atoms with van der Waals surface area (Å²) in [4.78, 5) is 16.3. The lowest BCUT2D eigenvalue weighted by atomic mass is 10.1. The molecule has 0 fully saturated rings. The maximum Gasteiger partial charge on any atom is 0.437 e. The molecule has 20 heavy (non-hydrogen) atoms. The number of anilines is 1. The van der Waals surface area contributed by atoms with Crippen molar-refractivity contribution in [1.29, 1.82) is 0 Å². The second-order valence-corrected chi connectivity index (χ2v) is 4.36. The highest BCUT2D eigenvalue weighted by Gasteiger charge is 2.03. The molecule has 2 rings (SSSR count). The molecular formula is C16H16N2O2. The number of nitrogens with zero attached hydrogens (tertiary/aromatic N) is 1. The maximum atomic E-state index is 11.5. The van der Waals surface area contributed by atoms with Crippen LogP contribution in [0.3, 0.4) is 0 Å². The minimum absolute atomic E-state index is 0.594. The maximum absolute atomic E-state index is 11.5. The van der Waals surface area contributed by atoms with Gasteiger partial charge in [-0.05, 0) is 24.6 Å². The summed E-state index contributed by atoms with van der Waals surface area (Å²) in [6.45, 7) is 1.82. The van der Waals surface area contributed by atoms with Crippen molar-refractivity contribution in [3.8, 4) is 0 Å². The van der Waals surface area contributed by atoms with Crippen molar-refractivity contribution in [2.45, 2.75) is 13.3 Å². The number of hydrogen-bond donors (Lipinski definition) is 1. The molecule has 0 saturated heterocycles. The second kappa shape index (κ2) is 7.09. The minimum Gasteiger partial charge on any atom is -0.298 e. The van der Waals surface area contributed by atoms with E-state index in [2.05, 4.69) is 10.5 Å². The van der Waals surface area contributed by atoms with Crippen LogP contribution < -0.4 is 5.32 Å². The third-order valence-corrected chi connectivity index (χ3v) is 2.61. The van der Waals surface area contributed by atoms with Crippen molar-refractivity contribution in [1.82, 2.24) is 0 Å². The molecule has 0 spiro atoms. The van der Waals surface area contributed by atoms with Crippen molar-refractivity contribution in [2.75, 3.05) is 5.32 Å². The Morgan fingerprint density at radius 3 is 2.30 bits per heavy atom. The van der Waals surface area contributed by atoms with E-state index in [9.17, 15) is 4.79 Å². The lowest BCUT2D eigenvalue weighted by molar-refractivity contribution is 0.166. The first-order valence-electron chi connectivity index (χ1n) is 6.34. The Morgan fingerprint density at radius 1 is 1.05 bits per heavy atom. The summed E-state index contributed by atoms with van der Waals surface area (Å²) in [5, 5.41) is 6.41. The first kappa shape index (κ1) is 13.8. The van der Waals surface area contributed by atoms with E-state index in [1.165, 1.54) is 0 Å². The molecule has 0 bridgehead atoms. The molecule has 0 unspecified atom stereocenters. The summed E-state index contributed by atoms with van der Waals surface area (Å²) in [7, 11) is 0. The Bertz CT molecular complexity index is 580. The van der Waals surface area contributed by atoms with Crippen LogP contribution in [-0.2, 0) is 11.3 Å². The Labute approximate surface area is 118 Å². The van der Waals surface area contributed by atoms with Crippen LogP contribution in [0.25, 0.3) is 0 Å². The van der Waals surface area contributed by atoms with Crippen molar-refractivity contribution >= 4 is 17.5 Å². The van der Waals surface area contributed by atoms with Gasteiger partial charge in [0.2, 0.25) is 0 Å². The smallest absolute Gasteiger partial charge is 0.298 e. The van der Waals surface area contributed by atoms with Gasteiger partial charge in [0.15, 0.2) is 0 Å². The standard InChI is InChI=1S/C16H16N2O2/c1-13(12-14-8-4-2-5-9-14)18-20-16(19)17-15-10-6-3-7-11-15/h2-11H,12H2,1H3,(H,17,19). The Kier molecular flexibility index (Phi) is 4.89. The average molecular weight is 268 g/mol. The lowest BCUT2D eigenvalue weighted by Gasteiger charge is -2.03. The molecule has 0 heterocycles.